The van der Waals surface area contributed by atoms with E-state index in [0.29, 0.717) is 5.56 Å². The fourth-order valence-electron chi connectivity index (χ4n) is 1.15. The van der Waals surface area contributed by atoms with Crippen LogP contribution in [0.2, 0.25) is 0 Å². The van der Waals surface area contributed by atoms with Gasteiger partial charge in [-0.1, -0.05) is 30.3 Å². The third-order valence-corrected chi connectivity index (χ3v) is 2.50. The van der Waals surface area contributed by atoms with Crippen molar-refractivity contribution in [2.45, 2.75) is 11.5 Å². The van der Waals surface area contributed by atoms with Crippen molar-refractivity contribution < 1.29 is 15.0 Å². The minimum absolute atomic E-state index is 0.00854. The van der Waals surface area contributed by atoms with Crippen LogP contribution in [0.1, 0.15) is 10.9 Å². The molecular weight excluding hydrogens is 230 g/mol. The molecule has 0 radical (unpaired) electrons. The Balaban J connectivity index is 2.49. The number of hydrogen-bond acceptors (Lipinski definition) is 3. The molecule has 1 aromatic carbocycles. The monoisotopic (exact) mass is 243 g/mol. The highest BCUT2D eigenvalue weighted by Crippen LogP contribution is 2.19. The Bertz CT molecular complexity index is 331. The predicted octanol–water partition coefficient (Wildman–Crippen LogP) is 0.436. The van der Waals surface area contributed by atoms with Crippen LogP contribution < -0.4 is 5.32 Å². The summed E-state index contributed by atoms with van der Waals surface area (Å²) in [4.78, 5) is 11.5. The first-order valence-electron chi connectivity index (χ1n) is 4.90. The van der Waals surface area contributed by atoms with E-state index in [1.165, 1.54) is 0 Å². The molecule has 2 atom stereocenters. The van der Waals surface area contributed by atoms with Gasteiger partial charge in [-0.25, -0.2) is 0 Å². The summed E-state index contributed by atoms with van der Waals surface area (Å²) in [6, 6.07) is 8.92. The summed E-state index contributed by atoms with van der Waals surface area (Å²) in [6.07, 6.45) is -0.955. The maximum atomic E-state index is 11.5. The second kappa shape index (κ2) is 6.48. The number of carbonyl (C=O) groups excluding carboxylic acids is 1. The van der Waals surface area contributed by atoms with E-state index in [1.54, 1.807) is 24.3 Å². The molecule has 5 heteroatoms. The van der Waals surface area contributed by atoms with Gasteiger partial charge in [0.25, 0.3) is 0 Å². The van der Waals surface area contributed by atoms with Gasteiger partial charge in [0.15, 0.2) is 0 Å². The molecule has 88 valence electrons. The number of rotatable bonds is 5. The highest BCUT2D eigenvalue weighted by atomic mass is 35.5. The molecule has 16 heavy (non-hydrogen) atoms. The minimum atomic E-state index is -0.955. The summed E-state index contributed by atoms with van der Waals surface area (Å²) in [5.74, 6) is -0.389. The third-order valence-electron chi connectivity index (χ3n) is 2.05. The van der Waals surface area contributed by atoms with Crippen LogP contribution >= 0.6 is 11.6 Å². The first kappa shape index (κ1) is 13.0. The molecule has 0 saturated heterocycles. The Morgan fingerprint density at radius 1 is 1.38 bits per heavy atom. The molecule has 0 aliphatic rings. The van der Waals surface area contributed by atoms with Gasteiger partial charge < -0.3 is 15.5 Å². The van der Waals surface area contributed by atoms with Crippen molar-refractivity contribution in [1.82, 2.24) is 5.32 Å². The first-order valence-corrected chi connectivity index (χ1v) is 5.34. The molecule has 4 nitrogen and oxygen atoms in total. The molecule has 0 heterocycles. The van der Waals surface area contributed by atoms with Crippen molar-refractivity contribution in [2.75, 3.05) is 13.2 Å². The van der Waals surface area contributed by atoms with Crippen LogP contribution in [0.4, 0.5) is 0 Å². The van der Waals surface area contributed by atoms with E-state index < -0.39 is 18.1 Å². The number of alkyl halides is 1. The van der Waals surface area contributed by atoms with E-state index >= 15 is 0 Å². The number of nitrogens with one attached hydrogen (secondary N) is 1. The SMILES string of the molecule is O=C(NCC(O)CO)C(Cl)c1ccccc1. The highest BCUT2D eigenvalue weighted by Gasteiger charge is 2.17. The summed E-state index contributed by atoms with van der Waals surface area (Å²) in [5, 5.41) is 19.3. The van der Waals surface area contributed by atoms with Crippen molar-refractivity contribution in [3.63, 3.8) is 0 Å². The zero-order chi connectivity index (χ0) is 12.0. The van der Waals surface area contributed by atoms with Crippen LogP contribution in [0.25, 0.3) is 0 Å². The lowest BCUT2D eigenvalue weighted by Crippen LogP contribution is -2.35. The molecule has 0 aliphatic heterocycles. The second-order valence-electron chi connectivity index (χ2n) is 3.35. The van der Waals surface area contributed by atoms with E-state index in [2.05, 4.69) is 5.32 Å². The van der Waals surface area contributed by atoms with Gasteiger partial charge in [-0.3, -0.25) is 4.79 Å². The summed E-state index contributed by atoms with van der Waals surface area (Å²) in [5.41, 5.74) is 0.695. The number of carbonyl (C=O) groups is 1. The average Bonchev–Trinajstić information content (AvgIpc) is 2.35. The molecule has 0 fully saturated rings. The van der Waals surface area contributed by atoms with E-state index in [4.69, 9.17) is 21.8 Å². The Kier molecular flexibility index (Phi) is 5.25. The topological polar surface area (TPSA) is 69.6 Å². The number of halogens is 1. The van der Waals surface area contributed by atoms with E-state index in [0.717, 1.165) is 0 Å². The average molecular weight is 244 g/mol. The summed E-state index contributed by atoms with van der Waals surface area (Å²) in [6.45, 7) is -0.399. The van der Waals surface area contributed by atoms with Gasteiger partial charge in [0, 0.05) is 6.54 Å². The molecule has 1 rings (SSSR count). The number of benzene rings is 1. The molecule has 0 spiro atoms. The van der Waals surface area contributed by atoms with Gasteiger partial charge in [0.05, 0.1) is 12.7 Å². The number of aliphatic hydroxyl groups is 2. The molecule has 1 aromatic rings. The fourth-order valence-corrected chi connectivity index (χ4v) is 1.37. The zero-order valence-electron chi connectivity index (χ0n) is 8.64. The quantitative estimate of drug-likeness (QED) is 0.657. The van der Waals surface area contributed by atoms with Crippen LogP contribution in [-0.2, 0) is 4.79 Å². The largest absolute Gasteiger partial charge is 0.394 e. The Morgan fingerprint density at radius 3 is 2.56 bits per heavy atom. The highest BCUT2D eigenvalue weighted by molar-refractivity contribution is 6.30. The molecule has 2 unspecified atom stereocenters. The van der Waals surface area contributed by atoms with Gasteiger partial charge >= 0.3 is 0 Å². The number of hydrogen-bond donors (Lipinski definition) is 3. The van der Waals surface area contributed by atoms with Gasteiger partial charge in [-0.2, -0.15) is 0 Å². The molecule has 0 bridgehead atoms. The molecular formula is C11H14ClNO3. The molecule has 0 aromatic heterocycles. The zero-order valence-corrected chi connectivity index (χ0v) is 9.39. The van der Waals surface area contributed by atoms with E-state index in [1.807, 2.05) is 6.07 Å². The van der Waals surface area contributed by atoms with E-state index in [-0.39, 0.29) is 12.5 Å². The lowest BCUT2D eigenvalue weighted by Gasteiger charge is -2.12. The normalized spacial score (nSPS) is 14.2. The number of amides is 1. The van der Waals surface area contributed by atoms with Crippen LogP contribution in [0.5, 0.6) is 0 Å². The van der Waals surface area contributed by atoms with Gasteiger partial charge in [0.1, 0.15) is 5.38 Å². The molecule has 3 N–H and O–H groups in total. The predicted molar refractivity (Wildman–Crippen MR) is 61.1 cm³/mol. The lowest BCUT2D eigenvalue weighted by molar-refractivity contribution is -0.121. The fraction of sp³-hybridized carbons (Fsp3) is 0.364. The van der Waals surface area contributed by atoms with Gasteiger partial charge in [0.2, 0.25) is 5.91 Å². The van der Waals surface area contributed by atoms with Gasteiger partial charge in [-0.15, -0.1) is 11.6 Å². The second-order valence-corrected chi connectivity index (χ2v) is 3.79. The third kappa shape index (κ3) is 3.81. The van der Waals surface area contributed by atoms with Crippen molar-refractivity contribution in [2.24, 2.45) is 0 Å². The summed E-state index contributed by atoms with van der Waals surface area (Å²) < 4.78 is 0. The van der Waals surface area contributed by atoms with Crippen LogP contribution in [-0.4, -0.2) is 35.4 Å². The lowest BCUT2D eigenvalue weighted by atomic mass is 10.1. The smallest absolute Gasteiger partial charge is 0.242 e. The van der Waals surface area contributed by atoms with Crippen molar-refractivity contribution in [3.05, 3.63) is 35.9 Å². The van der Waals surface area contributed by atoms with Crippen molar-refractivity contribution in [1.29, 1.82) is 0 Å². The van der Waals surface area contributed by atoms with Crippen molar-refractivity contribution >= 4 is 17.5 Å². The van der Waals surface area contributed by atoms with Gasteiger partial charge in [-0.05, 0) is 5.56 Å². The maximum Gasteiger partial charge on any atom is 0.242 e. The maximum absolute atomic E-state index is 11.5. The number of aliphatic hydroxyl groups excluding tert-OH is 2. The first-order chi connectivity index (χ1) is 7.65. The van der Waals surface area contributed by atoms with Crippen LogP contribution in [0.3, 0.4) is 0 Å². The Hall–Kier alpha value is -1.10. The standard InChI is InChI=1S/C11H14ClNO3/c12-10(8-4-2-1-3-5-8)11(16)13-6-9(15)7-14/h1-5,9-10,14-15H,6-7H2,(H,13,16). The van der Waals surface area contributed by atoms with Crippen molar-refractivity contribution in [3.8, 4) is 0 Å². The Labute approximate surface area is 98.9 Å². The minimum Gasteiger partial charge on any atom is -0.394 e. The molecule has 1 amide bonds. The Morgan fingerprint density at radius 2 is 2.00 bits per heavy atom. The van der Waals surface area contributed by atoms with Crippen LogP contribution in [0.15, 0.2) is 30.3 Å². The summed E-state index contributed by atoms with van der Waals surface area (Å²) >= 11 is 5.93. The van der Waals surface area contributed by atoms with E-state index in [9.17, 15) is 4.79 Å². The molecule has 0 saturated carbocycles. The van der Waals surface area contributed by atoms with Crippen LogP contribution in [0, 0.1) is 0 Å². The molecule has 0 aliphatic carbocycles. The summed E-state index contributed by atoms with van der Waals surface area (Å²) in [7, 11) is 0.